The van der Waals surface area contributed by atoms with Crippen LogP contribution in [-0.4, -0.2) is 24.6 Å². The van der Waals surface area contributed by atoms with Gasteiger partial charge in [0.2, 0.25) is 5.91 Å². The molecule has 1 aromatic carbocycles. The molecule has 0 radical (unpaired) electrons. The van der Waals surface area contributed by atoms with Crippen molar-refractivity contribution in [3.05, 3.63) is 30.3 Å². The average Bonchev–Trinajstić information content (AvgIpc) is 2.68. The van der Waals surface area contributed by atoms with Gasteiger partial charge < -0.3 is 15.8 Å². The number of carbonyl (C=O) groups is 1. The van der Waals surface area contributed by atoms with Gasteiger partial charge in [-0.1, -0.05) is 18.2 Å². The van der Waals surface area contributed by atoms with Gasteiger partial charge in [0.1, 0.15) is 11.9 Å². The second kappa shape index (κ2) is 4.31. The summed E-state index contributed by atoms with van der Waals surface area (Å²) in [6.07, 6.45) is 0.675. The Hall–Kier alpha value is -1.55. The number of primary amides is 1. The average molecular weight is 206 g/mol. The third-order valence-corrected chi connectivity index (χ3v) is 2.48. The summed E-state index contributed by atoms with van der Waals surface area (Å²) < 4.78 is 5.69. The summed E-state index contributed by atoms with van der Waals surface area (Å²) in [7, 11) is 0. The summed E-state index contributed by atoms with van der Waals surface area (Å²) in [5, 5.41) is 3.03. The van der Waals surface area contributed by atoms with Gasteiger partial charge in [0, 0.05) is 13.0 Å². The number of rotatable bonds is 3. The van der Waals surface area contributed by atoms with Crippen molar-refractivity contribution in [2.75, 3.05) is 6.54 Å². The molecule has 1 aromatic rings. The summed E-state index contributed by atoms with van der Waals surface area (Å²) in [5.41, 5.74) is 5.20. The van der Waals surface area contributed by atoms with Crippen LogP contribution < -0.4 is 15.8 Å². The van der Waals surface area contributed by atoms with Gasteiger partial charge in [-0.05, 0) is 12.1 Å². The summed E-state index contributed by atoms with van der Waals surface area (Å²) in [4.78, 5) is 10.9. The van der Waals surface area contributed by atoms with E-state index in [0.717, 1.165) is 5.75 Å². The van der Waals surface area contributed by atoms with Crippen LogP contribution in [0, 0.1) is 0 Å². The molecule has 1 aliphatic rings. The number of hydrogen-bond donors (Lipinski definition) is 2. The van der Waals surface area contributed by atoms with Crippen molar-refractivity contribution in [3.8, 4) is 5.75 Å². The fraction of sp³-hybridized carbons (Fsp3) is 0.364. The summed E-state index contributed by atoms with van der Waals surface area (Å²) in [6.45, 7) is 0.669. The topological polar surface area (TPSA) is 64.4 Å². The quantitative estimate of drug-likeness (QED) is 0.746. The molecule has 4 heteroatoms. The fourth-order valence-corrected chi connectivity index (χ4v) is 1.70. The van der Waals surface area contributed by atoms with Crippen molar-refractivity contribution in [1.82, 2.24) is 5.32 Å². The van der Waals surface area contributed by atoms with Crippen molar-refractivity contribution < 1.29 is 9.53 Å². The number of amides is 1. The van der Waals surface area contributed by atoms with Gasteiger partial charge in [-0.25, -0.2) is 0 Å². The molecule has 1 heterocycles. The molecule has 1 aliphatic heterocycles. The molecule has 3 N–H and O–H groups in total. The van der Waals surface area contributed by atoms with E-state index in [1.54, 1.807) is 0 Å². The Bertz CT molecular complexity index is 340. The van der Waals surface area contributed by atoms with Gasteiger partial charge in [0.15, 0.2) is 0 Å². The Kier molecular flexibility index (Phi) is 2.87. The Labute approximate surface area is 88.4 Å². The molecule has 80 valence electrons. The standard InChI is InChI=1S/C11H14N2O2/c12-11(14)10-6-9(7-13-10)15-8-4-2-1-3-5-8/h1-5,9-10,13H,6-7H2,(H2,12,14). The van der Waals surface area contributed by atoms with Crippen LogP contribution in [-0.2, 0) is 4.79 Å². The van der Waals surface area contributed by atoms with Gasteiger partial charge in [-0.2, -0.15) is 0 Å². The largest absolute Gasteiger partial charge is 0.489 e. The van der Waals surface area contributed by atoms with E-state index < -0.39 is 0 Å². The minimum Gasteiger partial charge on any atom is -0.489 e. The highest BCUT2D eigenvalue weighted by atomic mass is 16.5. The third kappa shape index (κ3) is 2.47. The summed E-state index contributed by atoms with van der Waals surface area (Å²) >= 11 is 0. The molecule has 0 saturated carbocycles. The van der Waals surface area contributed by atoms with E-state index in [1.807, 2.05) is 30.3 Å². The van der Waals surface area contributed by atoms with Gasteiger partial charge in [0.05, 0.1) is 6.04 Å². The number of nitrogens with one attached hydrogen (secondary N) is 1. The van der Waals surface area contributed by atoms with E-state index in [9.17, 15) is 4.79 Å². The highest BCUT2D eigenvalue weighted by molar-refractivity contribution is 5.80. The Morgan fingerprint density at radius 3 is 2.73 bits per heavy atom. The zero-order valence-electron chi connectivity index (χ0n) is 8.35. The predicted octanol–water partition coefficient (Wildman–Crippen LogP) is 0.281. The Balaban J connectivity index is 1.90. The molecular weight excluding hydrogens is 192 g/mol. The normalized spacial score (nSPS) is 25.1. The number of nitrogens with two attached hydrogens (primary N) is 1. The molecule has 0 aliphatic carbocycles. The molecule has 0 spiro atoms. The van der Waals surface area contributed by atoms with E-state index in [2.05, 4.69) is 5.32 Å². The van der Waals surface area contributed by atoms with E-state index >= 15 is 0 Å². The summed E-state index contributed by atoms with van der Waals surface area (Å²) in [5.74, 6) is 0.517. The molecule has 1 saturated heterocycles. The van der Waals surface area contributed by atoms with Gasteiger partial charge >= 0.3 is 0 Å². The first-order valence-electron chi connectivity index (χ1n) is 5.00. The molecule has 2 unspecified atom stereocenters. The van der Waals surface area contributed by atoms with Crippen LogP contribution in [0.3, 0.4) is 0 Å². The lowest BCUT2D eigenvalue weighted by atomic mass is 10.2. The van der Waals surface area contributed by atoms with Crippen molar-refractivity contribution in [3.63, 3.8) is 0 Å². The molecule has 2 atom stereocenters. The van der Waals surface area contributed by atoms with Crippen LogP contribution in [0.25, 0.3) is 0 Å². The molecule has 4 nitrogen and oxygen atoms in total. The van der Waals surface area contributed by atoms with E-state index in [1.165, 1.54) is 0 Å². The van der Waals surface area contributed by atoms with Crippen molar-refractivity contribution >= 4 is 5.91 Å². The van der Waals surface area contributed by atoms with Crippen molar-refractivity contribution in [2.24, 2.45) is 5.73 Å². The van der Waals surface area contributed by atoms with E-state index in [-0.39, 0.29) is 18.1 Å². The number of para-hydroxylation sites is 1. The minimum absolute atomic E-state index is 0.0323. The van der Waals surface area contributed by atoms with Crippen molar-refractivity contribution in [1.29, 1.82) is 0 Å². The smallest absolute Gasteiger partial charge is 0.234 e. The van der Waals surface area contributed by atoms with E-state index in [4.69, 9.17) is 10.5 Å². The Morgan fingerprint density at radius 2 is 2.13 bits per heavy atom. The maximum absolute atomic E-state index is 10.9. The summed E-state index contributed by atoms with van der Waals surface area (Å²) in [6, 6.07) is 9.33. The lowest BCUT2D eigenvalue weighted by Crippen LogP contribution is -2.36. The van der Waals surface area contributed by atoms with E-state index in [0.29, 0.717) is 13.0 Å². The molecule has 1 amide bonds. The van der Waals surface area contributed by atoms with Gasteiger partial charge in [0.25, 0.3) is 0 Å². The fourth-order valence-electron chi connectivity index (χ4n) is 1.70. The number of carbonyl (C=O) groups excluding carboxylic acids is 1. The second-order valence-electron chi connectivity index (χ2n) is 3.65. The first-order chi connectivity index (χ1) is 7.25. The molecular formula is C11H14N2O2. The maximum atomic E-state index is 10.9. The SMILES string of the molecule is NC(=O)C1CC(Oc2ccccc2)CN1. The molecule has 1 fully saturated rings. The minimum atomic E-state index is -0.311. The monoisotopic (exact) mass is 206 g/mol. The number of hydrogen-bond acceptors (Lipinski definition) is 3. The van der Waals surface area contributed by atoms with Crippen LogP contribution in [0.15, 0.2) is 30.3 Å². The number of ether oxygens (including phenoxy) is 1. The maximum Gasteiger partial charge on any atom is 0.234 e. The van der Waals surface area contributed by atoms with Crippen LogP contribution in [0.4, 0.5) is 0 Å². The number of benzene rings is 1. The molecule has 2 rings (SSSR count). The second-order valence-corrected chi connectivity index (χ2v) is 3.65. The van der Waals surface area contributed by atoms with Gasteiger partial charge in [-0.3, -0.25) is 4.79 Å². The van der Waals surface area contributed by atoms with Crippen LogP contribution in [0.2, 0.25) is 0 Å². The first-order valence-corrected chi connectivity index (χ1v) is 5.00. The first kappa shape index (κ1) is 9.98. The van der Waals surface area contributed by atoms with Gasteiger partial charge in [-0.15, -0.1) is 0 Å². The van der Waals surface area contributed by atoms with Crippen LogP contribution in [0.1, 0.15) is 6.42 Å². The third-order valence-electron chi connectivity index (χ3n) is 2.48. The van der Waals surface area contributed by atoms with Crippen LogP contribution in [0.5, 0.6) is 5.75 Å². The zero-order chi connectivity index (χ0) is 10.7. The molecule has 0 aromatic heterocycles. The Morgan fingerprint density at radius 1 is 1.40 bits per heavy atom. The van der Waals surface area contributed by atoms with Crippen LogP contribution >= 0.6 is 0 Å². The lowest BCUT2D eigenvalue weighted by Gasteiger charge is -2.12. The highest BCUT2D eigenvalue weighted by Crippen LogP contribution is 2.16. The van der Waals surface area contributed by atoms with Crippen molar-refractivity contribution in [2.45, 2.75) is 18.6 Å². The highest BCUT2D eigenvalue weighted by Gasteiger charge is 2.28. The predicted molar refractivity (Wildman–Crippen MR) is 56.5 cm³/mol. The molecule has 0 bridgehead atoms. The zero-order valence-corrected chi connectivity index (χ0v) is 8.35. The molecule has 15 heavy (non-hydrogen) atoms. The lowest BCUT2D eigenvalue weighted by molar-refractivity contribution is -0.119.